The Morgan fingerprint density at radius 1 is 1.33 bits per heavy atom. The number of methoxy groups -OCH3 is 1. The Kier molecular flexibility index (Phi) is 4.90. The van der Waals surface area contributed by atoms with Crippen molar-refractivity contribution in [1.82, 2.24) is 5.32 Å². The van der Waals surface area contributed by atoms with Crippen molar-refractivity contribution < 1.29 is 9.13 Å². The summed E-state index contributed by atoms with van der Waals surface area (Å²) in [5.41, 5.74) is 0.702. The molecule has 2 N–H and O–H groups in total. The standard InChI is InChI=1S/C11H17FN2O/c1-13-6-3-7-14-10-8-9(12)4-5-11(10)15-2/h4-5,8,13-14H,3,6-7H2,1-2H3. The molecule has 4 heteroatoms. The zero-order chi connectivity index (χ0) is 11.1. The highest BCUT2D eigenvalue weighted by molar-refractivity contribution is 5.56. The average molecular weight is 212 g/mol. The molecule has 0 saturated heterocycles. The van der Waals surface area contributed by atoms with Crippen LogP contribution < -0.4 is 15.4 Å². The third-order valence-electron chi connectivity index (χ3n) is 2.08. The molecule has 0 aliphatic rings. The van der Waals surface area contributed by atoms with Gasteiger partial charge in [0.25, 0.3) is 0 Å². The van der Waals surface area contributed by atoms with Gasteiger partial charge in [0.1, 0.15) is 11.6 Å². The fourth-order valence-corrected chi connectivity index (χ4v) is 1.31. The molecule has 1 aromatic rings. The maximum Gasteiger partial charge on any atom is 0.142 e. The summed E-state index contributed by atoms with van der Waals surface area (Å²) in [7, 11) is 3.48. The van der Waals surface area contributed by atoms with E-state index in [2.05, 4.69) is 10.6 Å². The second kappa shape index (κ2) is 6.24. The minimum atomic E-state index is -0.257. The first kappa shape index (κ1) is 11.8. The fraction of sp³-hybridized carbons (Fsp3) is 0.455. The van der Waals surface area contributed by atoms with Gasteiger partial charge in [0.2, 0.25) is 0 Å². The molecule has 0 aliphatic heterocycles. The van der Waals surface area contributed by atoms with Gasteiger partial charge in [-0.15, -0.1) is 0 Å². The highest BCUT2D eigenvalue weighted by Gasteiger charge is 2.02. The summed E-state index contributed by atoms with van der Waals surface area (Å²) in [5, 5.41) is 6.18. The van der Waals surface area contributed by atoms with E-state index in [0.717, 1.165) is 19.5 Å². The van der Waals surface area contributed by atoms with Crippen molar-refractivity contribution >= 4 is 5.69 Å². The van der Waals surface area contributed by atoms with Crippen LogP contribution in [0, 0.1) is 5.82 Å². The summed E-state index contributed by atoms with van der Waals surface area (Å²) in [6, 6.07) is 4.45. The molecule has 3 nitrogen and oxygen atoms in total. The molecule has 0 bridgehead atoms. The van der Waals surface area contributed by atoms with Crippen molar-refractivity contribution in [3.05, 3.63) is 24.0 Å². The third kappa shape index (κ3) is 3.75. The van der Waals surface area contributed by atoms with Crippen LogP contribution in [0.2, 0.25) is 0 Å². The molecule has 0 spiro atoms. The van der Waals surface area contributed by atoms with Crippen LogP contribution in [0.3, 0.4) is 0 Å². The smallest absolute Gasteiger partial charge is 0.142 e. The van der Waals surface area contributed by atoms with Crippen LogP contribution in [0.5, 0.6) is 5.75 Å². The number of nitrogens with one attached hydrogen (secondary N) is 2. The quantitative estimate of drug-likeness (QED) is 0.706. The van der Waals surface area contributed by atoms with Crippen LogP contribution in [0.15, 0.2) is 18.2 Å². The SMILES string of the molecule is CNCCCNc1cc(F)ccc1OC. The van der Waals surface area contributed by atoms with Gasteiger partial charge >= 0.3 is 0 Å². The molecule has 0 unspecified atom stereocenters. The van der Waals surface area contributed by atoms with Crippen LogP contribution in [-0.2, 0) is 0 Å². The number of anilines is 1. The van der Waals surface area contributed by atoms with Crippen molar-refractivity contribution in [3.8, 4) is 5.75 Å². The Morgan fingerprint density at radius 3 is 2.80 bits per heavy atom. The molecule has 1 aromatic carbocycles. The van der Waals surface area contributed by atoms with Crippen molar-refractivity contribution in [2.45, 2.75) is 6.42 Å². The minimum absolute atomic E-state index is 0.257. The van der Waals surface area contributed by atoms with Crippen molar-refractivity contribution in [2.75, 3.05) is 32.6 Å². The van der Waals surface area contributed by atoms with Gasteiger partial charge in [0.05, 0.1) is 12.8 Å². The van der Waals surface area contributed by atoms with Gasteiger partial charge < -0.3 is 15.4 Å². The molecule has 84 valence electrons. The Labute approximate surface area is 89.6 Å². The highest BCUT2D eigenvalue weighted by atomic mass is 19.1. The Bertz CT molecular complexity index is 305. The number of hydrogen-bond donors (Lipinski definition) is 2. The molecular formula is C11H17FN2O. The molecule has 0 radical (unpaired) electrons. The largest absolute Gasteiger partial charge is 0.495 e. The minimum Gasteiger partial charge on any atom is -0.495 e. The lowest BCUT2D eigenvalue weighted by molar-refractivity contribution is 0.415. The molecule has 0 fully saturated rings. The lowest BCUT2D eigenvalue weighted by Crippen LogP contribution is -2.13. The summed E-state index contributed by atoms with van der Waals surface area (Å²) < 4.78 is 18.1. The molecule has 0 heterocycles. The summed E-state index contributed by atoms with van der Waals surface area (Å²) in [4.78, 5) is 0. The normalized spacial score (nSPS) is 10.1. The maximum absolute atomic E-state index is 13.0. The topological polar surface area (TPSA) is 33.3 Å². The summed E-state index contributed by atoms with van der Waals surface area (Å²) in [5.74, 6) is 0.410. The highest BCUT2D eigenvalue weighted by Crippen LogP contribution is 2.24. The van der Waals surface area contributed by atoms with Crippen molar-refractivity contribution in [3.63, 3.8) is 0 Å². The number of benzene rings is 1. The van der Waals surface area contributed by atoms with Gasteiger partial charge in [-0.3, -0.25) is 0 Å². The zero-order valence-corrected chi connectivity index (χ0v) is 9.14. The van der Waals surface area contributed by atoms with Gasteiger partial charge in [-0.05, 0) is 32.1 Å². The van der Waals surface area contributed by atoms with Crippen LogP contribution >= 0.6 is 0 Å². The first-order valence-electron chi connectivity index (χ1n) is 5.00. The Balaban J connectivity index is 2.54. The molecule has 1 rings (SSSR count). The number of halogens is 1. The molecular weight excluding hydrogens is 195 g/mol. The lowest BCUT2D eigenvalue weighted by Gasteiger charge is -2.10. The third-order valence-corrected chi connectivity index (χ3v) is 2.08. The first-order chi connectivity index (χ1) is 7.27. The maximum atomic E-state index is 13.0. The molecule has 0 saturated carbocycles. The van der Waals surface area contributed by atoms with Crippen LogP contribution in [0.4, 0.5) is 10.1 Å². The molecule has 0 atom stereocenters. The molecule has 0 amide bonds. The Morgan fingerprint density at radius 2 is 2.13 bits per heavy atom. The molecule has 0 aromatic heterocycles. The first-order valence-corrected chi connectivity index (χ1v) is 5.00. The predicted octanol–water partition coefficient (Wildman–Crippen LogP) is 1.86. The van der Waals surface area contributed by atoms with Crippen LogP contribution in [0.1, 0.15) is 6.42 Å². The van der Waals surface area contributed by atoms with E-state index in [4.69, 9.17) is 4.74 Å². The average Bonchev–Trinajstić information content (AvgIpc) is 2.25. The lowest BCUT2D eigenvalue weighted by atomic mass is 10.2. The zero-order valence-electron chi connectivity index (χ0n) is 9.14. The van der Waals surface area contributed by atoms with Gasteiger partial charge in [-0.25, -0.2) is 4.39 Å². The van der Waals surface area contributed by atoms with Gasteiger partial charge in [-0.2, -0.15) is 0 Å². The summed E-state index contributed by atoms with van der Waals surface area (Å²) >= 11 is 0. The second-order valence-electron chi connectivity index (χ2n) is 3.23. The monoisotopic (exact) mass is 212 g/mol. The van der Waals surface area contributed by atoms with Crippen molar-refractivity contribution in [1.29, 1.82) is 0 Å². The van der Waals surface area contributed by atoms with E-state index in [9.17, 15) is 4.39 Å². The number of rotatable bonds is 6. The van der Waals surface area contributed by atoms with E-state index in [0.29, 0.717) is 11.4 Å². The van der Waals surface area contributed by atoms with E-state index in [1.165, 1.54) is 12.1 Å². The van der Waals surface area contributed by atoms with Crippen LogP contribution in [-0.4, -0.2) is 27.2 Å². The predicted molar refractivity (Wildman–Crippen MR) is 60.0 cm³/mol. The molecule has 0 aliphatic carbocycles. The van der Waals surface area contributed by atoms with E-state index in [-0.39, 0.29) is 5.82 Å². The van der Waals surface area contributed by atoms with Gasteiger partial charge in [0.15, 0.2) is 0 Å². The summed E-state index contributed by atoms with van der Waals surface area (Å²) in [6.07, 6.45) is 0.982. The van der Waals surface area contributed by atoms with Gasteiger partial charge in [0, 0.05) is 12.6 Å². The van der Waals surface area contributed by atoms with E-state index < -0.39 is 0 Å². The van der Waals surface area contributed by atoms with E-state index in [1.807, 2.05) is 7.05 Å². The molecule has 15 heavy (non-hydrogen) atoms. The number of hydrogen-bond acceptors (Lipinski definition) is 3. The Hall–Kier alpha value is -1.29. The van der Waals surface area contributed by atoms with E-state index in [1.54, 1.807) is 13.2 Å². The number of ether oxygens (including phenoxy) is 1. The fourth-order valence-electron chi connectivity index (χ4n) is 1.31. The van der Waals surface area contributed by atoms with Crippen LogP contribution in [0.25, 0.3) is 0 Å². The van der Waals surface area contributed by atoms with E-state index >= 15 is 0 Å². The van der Waals surface area contributed by atoms with Gasteiger partial charge in [-0.1, -0.05) is 0 Å². The van der Waals surface area contributed by atoms with Crippen molar-refractivity contribution in [2.24, 2.45) is 0 Å². The summed E-state index contributed by atoms with van der Waals surface area (Å²) in [6.45, 7) is 1.73. The second-order valence-corrected chi connectivity index (χ2v) is 3.23.